The molecule has 1 N–H and O–H groups in total. The molecule has 0 radical (unpaired) electrons. The number of benzene rings is 2. The summed E-state index contributed by atoms with van der Waals surface area (Å²) in [7, 11) is 4.09. The van der Waals surface area contributed by atoms with Crippen LogP contribution in [0.1, 0.15) is 49.4 Å². The number of likely N-dealkylation sites (N-methyl/N-ethyl adjacent to an activating group) is 1. The molecule has 3 rings (SSSR count). The molecule has 0 saturated carbocycles. The molecule has 5 heteroatoms. The largest absolute Gasteiger partial charge is 0.353 e. The van der Waals surface area contributed by atoms with Gasteiger partial charge in [-0.1, -0.05) is 61.5 Å². The average Bonchev–Trinajstić information content (AvgIpc) is 2.79. The van der Waals surface area contributed by atoms with Gasteiger partial charge in [-0.25, -0.2) is 0 Å². The van der Waals surface area contributed by atoms with Gasteiger partial charge in [0.2, 0.25) is 11.8 Å². The summed E-state index contributed by atoms with van der Waals surface area (Å²) in [4.78, 5) is 29.4. The van der Waals surface area contributed by atoms with E-state index in [4.69, 9.17) is 0 Å². The number of hydrogen-bond acceptors (Lipinski definition) is 3. The van der Waals surface area contributed by atoms with E-state index in [1.165, 1.54) is 11.1 Å². The zero-order valence-corrected chi connectivity index (χ0v) is 19.2. The Morgan fingerprint density at radius 3 is 2.16 bits per heavy atom. The van der Waals surface area contributed by atoms with Crippen molar-refractivity contribution in [3.8, 4) is 0 Å². The molecule has 2 aromatic rings. The molecule has 0 aromatic heterocycles. The lowest BCUT2D eigenvalue weighted by Crippen LogP contribution is -2.53. The first-order chi connectivity index (χ1) is 14.9. The van der Waals surface area contributed by atoms with E-state index >= 15 is 0 Å². The fourth-order valence-corrected chi connectivity index (χ4v) is 4.54. The van der Waals surface area contributed by atoms with Crippen molar-refractivity contribution in [2.45, 2.75) is 44.6 Å². The third-order valence-electron chi connectivity index (χ3n) is 6.68. The van der Waals surface area contributed by atoms with E-state index in [0.717, 1.165) is 12.0 Å². The highest BCUT2D eigenvalue weighted by atomic mass is 16.2. The summed E-state index contributed by atoms with van der Waals surface area (Å²) in [6.07, 6.45) is 2.29. The quantitative estimate of drug-likeness (QED) is 0.744. The molecule has 1 atom stereocenters. The number of likely N-dealkylation sites (tertiary alicyclic amines) is 1. The lowest BCUT2D eigenvalue weighted by Gasteiger charge is -2.41. The number of hydrogen-bond donors (Lipinski definition) is 1. The van der Waals surface area contributed by atoms with Gasteiger partial charge in [-0.2, -0.15) is 0 Å². The molecule has 5 nitrogen and oxygen atoms in total. The van der Waals surface area contributed by atoms with E-state index in [1.807, 2.05) is 49.3 Å². The van der Waals surface area contributed by atoms with Gasteiger partial charge in [0.05, 0.1) is 11.5 Å². The molecule has 0 spiro atoms. The van der Waals surface area contributed by atoms with Crippen LogP contribution in [0.3, 0.4) is 0 Å². The molecule has 2 aromatic carbocycles. The van der Waals surface area contributed by atoms with Gasteiger partial charge >= 0.3 is 0 Å². The Morgan fingerprint density at radius 2 is 1.65 bits per heavy atom. The van der Waals surface area contributed by atoms with Crippen molar-refractivity contribution < 1.29 is 9.59 Å². The molecule has 166 valence electrons. The van der Waals surface area contributed by atoms with Crippen LogP contribution in [0, 0.1) is 0 Å². The average molecular weight is 422 g/mol. The van der Waals surface area contributed by atoms with Crippen LogP contribution in [0.5, 0.6) is 0 Å². The van der Waals surface area contributed by atoms with Gasteiger partial charge in [-0.05, 0) is 50.0 Å². The molecule has 1 saturated heterocycles. The van der Waals surface area contributed by atoms with Gasteiger partial charge < -0.3 is 15.1 Å². The Bertz CT molecular complexity index is 869. The number of aryl methyl sites for hydroxylation is 1. The Labute approximate surface area is 186 Å². The van der Waals surface area contributed by atoms with Crippen LogP contribution >= 0.6 is 0 Å². The van der Waals surface area contributed by atoms with E-state index in [2.05, 4.69) is 41.4 Å². The molecule has 0 bridgehead atoms. The molecule has 2 amide bonds. The van der Waals surface area contributed by atoms with Crippen LogP contribution in [-0.2, 0) is 21.4 Å². The Balaban J connectivity index is 1.79. The summed E-state index contributed by atoms with van der Waals surface area (Å²) < 4.78 is 0. The molecule has 1 unspecified atom stereocenters. The highest BCUT2D eigenvalue weighted by Gasteiger charge is 2.43. The normalized spacial score (nSPS) is 16.7. The number of rotatable bonds is 7. The maximum Gasteiger partial charge on any atom is 0.230 e. The summed E-state index contributed by atoms with van der Waals surface area (Å²) in [5.74, 6) is 0.129. The number of carbonyl (C=O) groups excluding carboxylic acids is 2. The van der Waals surface area contributed by atoms with Gasteiger partial charge in [-0.15, -0.1) is 0 Å². The second-order valence-electron chi connectivity index (χ2n) is 8.74. The molecule has 1 aliphatic rings. The van der Waals surface area contributed by atoms with Crippen molar-refractivity contribution in [2.24, 2.45) is 0 Å². The minimum absolute atomic E-state index is 0.0546. The zero-order chi connectivity index (χ0) is 22.4. The van der Waals surface area contributed by atoms with Gasteiger partial charge in [0, 0.05) is 26.6 Å². The summed E-state index contributed by atoms with van der Waals surface area (Å²) in [6.45, 7) is 5.50. The second-order valence-corrected chi connectivity index (χ2v) is 8.74. The topological polar surface area (TPSA) is 52.7 Å². The van der Waals surface area contributed by atoms with E-state index < -0.39 is 5.41 Å². The van der Waals surface area contributed by atoms with Crippen molar-refractivity contribution in [3.63, 3.8) is 0 Å². The molecule has 1 heterocycles. The highest BCUT2D eigenvalue weighted by Crippen LogP contribution is 2.36. The maximum atomic E-state index is 13.6. The van der Waals surface area contributed by atoms with Crippen LogP contribution in [0.2, 0.25) is 0 Å². The summed E-state index contributed by atoms with van der Waals surface area (Å²) in [5, 5.41) is 3.26. The Hall–Kier alpha value is -2.66. The smallest absolute Gasteiger partial charge is 0.230 e. The van der Waals surface area contributed by atoms with Crippen LogP contribution in [0.4, 0.5) is 0 Å². The standard InChI is InChI=1S/C26H35N3O2/c1-5-21-11-13-22(14-12-21)24(28(3)4)19-27-25(31)26(23-9-7-6-8-10-23)15-17-29(18-16-26)20(2)30/h6-14,24H,5,15-19H2,1-4H3,(H,27,31). The summed E-state index contributed by atoms with van der Waals surface area (Å²) >= 11 is 0. The number of nitrogens with zero attached hydrogens (tertiary/aromatic N) is 2. The van der Waals surface area contributed by atoms with Crippen LogP contribution in [0.25, 0.3) is 0 Å². The first-order valence-corrected chi connectivity index (χ1v) is 11.2. The minimum atomic E-state index is -0.601. The van der Waals surface area contributed by atoms with Gasteiger partial charge in [-0.3, -0.25) is 9.59 Å². The Morgan fingerprint density at radius 1 is 1.03 bits per heavy atom. The van der Waals surface area contributed by atoms with Crippen LogP contribution < -0.4 is 5.32 Å². The number of piperidine rings is 1. The monoisotopic (exact) mass is 421 g/mol. The zero-order valence-electron chi connectivity index (χ0n) is 19.2. The molecule has 1 aliphatic heterocycles. The van der Waals surface area contributed by atoms with E-state index in [-0.39, 0.29) is 17.9 Å². The SMILES string of the molecule is CCc1ccc(C(CNC(=O)C2(c3ccccc3)CCN(C(C)=O)CC2)N(C)C)cc1. The highest BCUT2D eigenvalue weighted by molar-refractivity contribution is 5.89. The van der Waals surface area contributed by atoms with E-state index in [1.54, 1.807) is 6.92 Å². The maximum absolute atomic E-state index is 13.6. The first-order valence-electron chi connectivity index (χ1n) is 11.2. The molecular weight excluding hydrogens is 386 g/mol. The van der Waals surface area contributed by atoms with Crippen molar-refractivity contribution >= 4 is 11.8 Å². The van der Waals surface area contributed by atoms with Crippen molar-refractivity contribution in [2.75, 3.05) is 33.7 Å². The molecule has 1 fully saturated rings. The fourth-order valence-electron chi connectivity index (χ4n) is 4.54. The third kappa shape index (κ3) is 5.16. The van der Waals surface area contributed by atoms with Crippen LogP contribution in [0.15, 0.2) is 54.6 Å². The number of carbonyl (C=O) groups is 2. The lowest BCUT2D eigenvalue weighted by molar-refractivity contribution is -0.135. The molecule has 0 aliphatic carbocycles. The predicted octanol–water partition coefficient (Wildman–Crippen LogP) is 3.55. The van der Waals surface area contributed by atoms with Crippen LogP contribution in [-0.4, -0.2) is 55.3 Å². The molecular formula is C26H35N3O2. The van der Waals surface area contributed by atoms with E-state index in [9.17, 15) is 9.59 Å². The fraction of sp³-hybridized carbons (Fsp3) is 0.462. The van der Waals surface area contributed by atoms with Crippen molar-refractivity contribution in [3.05, 3.63) is 71.3 Å². The predicted molar refractivity (Wildman–Crippen MR) is 125 cm³/mol. The number of amides is 2. The number of nitrogens with one attached hydrogen (secondary N) is 1. The first kappa shape index (κ1) is 23.0. The van der Waals surface area contributed by atoms with Gasteiger partial charge in [0.25, 0.3) is 0 Å². The van der Waals surface area contributed by atoms with E-state index in [0.29, 0.717) is 32.5 Å². The third-order valence-corrected chi connectivity index (χ3v) is 6.68. The van der Waals surface area contributed by atoms with Crippen molar-refractivity contribution in [1.82, 2.24) is 15.1 Å². The second kappa shape index (κ2) is 10.1. The minimum Gasteiger partial charge on any atom is -0.353 e. The van der Waals surface area contributed by atoms with Gasteiger partial charge in [0.1, 0.15) is 0 Å². The van der Waals surface area contributed by atoms with Gasteiger partial charge in [0.15, 0.2) is 0 Å². The Kier molecular flexibility index (Phi) is 7.50. The van der Waals surface area contributed by atoms with Crippen molar-refractivity contribution in [1.29, 1.82) is 0 Å². The lowest BCUT2D eigenvalue weighted by atomic mass is 9.72. The summed E-state index contributed by atoms with van der Waals surface area (Å²) in [5.41, 5.74) is 2.94. The summed E-state index contributed by atoms with van der Waals surface area (Å²) in [6, 6.07) is 18.8. The molecule has 31 heavy (non-hydrogen) atoms.